The molecule has 2 aromatic carbocycles. The Kier molecular flexibility index (Phi) is 4.02. The number of likely N-dealkylation sites (tertiary alicyclic amines) is 1. The van der Waals surface area contributed by atoms with E-state index in [1.807, 2.05) is 48.5 Å². The van der Waals surface area contributed by atoms with Crippen molar-refractivity contribution >= 4 is 5.97 Å². The highest BCUT2D eigenvalue weighted by atomic mass is 16.4. The summed E-state index contributed by atoms with van der Waals surface area (Å²) in [6, 6.07) is 20.2. The molecule has 3 nitrogen and oxygen atoms in total. The highest BCUT2D eigenvalue weighted by Gasteiger charge is 2.38. The van der Waals surface area contributed by atoms with Crippen LogP contribution in [0.2, 0.25) is 0 Å². The first-order chi connectivity index (χ1) is 10.2. The van der Waals surface area contributed by atoms with Crippen molar-refractivity contribution in [3.8, 4) is 0 Å². The molecule has 3 rings (SSSR count). The lowest BCUT2D eigenvalue weighted by atomic mass is 9.89. The highest BCUT2D eigenvalue weighted by molar-refractivity contribution is 5.72. The summed E-state index contributed by atoms with van der Waals surface area (Å²) in [7, 11) is 0. The van der Waals surface area contributed by atoms with Crippen molar-refractivity contribution in [2.75, 3.05) is 13.1 Å². The highest BCUT2D eigenvalue weighted by Crippen LogP contribution is 2.33. The molecule has 1 heterocycles. The predicted octanol–water partition coefficient (Wildman–Crippen LogP) is 2.99. The van der Waals surface area contributed by atoms with Gasteiger partial charge >= 0.3 is 5.97 Å². The van der Waals surface area contributed by atoms with Crippen LogP contribution in [0.15, 0.2) is 60.7 Å². The van der Waals surface area contributed by atoms with Gasteiger partial charge < -0.3 is 5.11 Å². The van der Waals surface area contributed by atoms with Crippen molar-refractivity contribution in [3.63, 3.8) is 0 Å². The second-order valence-corrected chi connectivity index (χ2v) is 5.64. The summed E-state index contributed by atoms with van der Waals surface area (Å²) in [6.07, 6.45) is 0. The minimum absolute atomic E-state index is 0.0763. The zero-order valence-corrected chi connectivity index (χ0v) is 11.9. The fourth-order valence-corrected chi connectivity index (χ4v) is 3.14. The van der Waals surface area contributed by atoms with Crippen LogP contribution in [0, 0.1) is 5.92 Å². The molecule has 0 spiro atoms. The van der Waals surface area contributed by atoms with E-state index in [4.69, 9.17) is 0 Å². The van der Waals surface area contributed by atoms with Gasteiger partial charge in [0.05, 0.1) is 5.92 Å². The van der Waals surface area contributed by atoms with E-state index in [-0.39, 0.29) is 11.8 Å². The molecule has 0 aromatic heterocycles. The fraction of sp³-hybridized carbons (Fsp3) is 0.278. The van der Waals surface area contributed by atoms with E-state index in [9.17, 15) is 9.90 Å². The first-order valence-corrected chi connectivity index (χ1v) is 7.28. The van der Waals surface area contributed by atoms with Crippen LogP contribution in [0.3, 0.4) is 0 Å². The second-order valence-electron chi connectivity index (χ2n) is 5.64. The Balaban J connectivity index is 1.77. The van der Waals surface area contributed by atoms with Gasteiger partial charge in [-0.1, -0.05) is 60.7 Å². The summed E-state index contributed by atoms with van der Waals surface area (Å²) >= 11 is 0. The lowest BCUT2D eigenvalue weighted by Gasteiger charge is -2.16. The van der Waals surface area contributed by atoms with Gasteiger partial charge in [-0.05, 0) is 11.1 Å². The molecule has 0 aliphatic carbocycles. The molecule has 0 bridgehead atoms. The van der Waals surface area contributed by atoms with E-state index in [1.165, 1.54) is 5.56 Å². The molecule has 1 aliphatic rings. The lowest BCUT2D eigenvalue weighted by molar-refractivity contribution is -0.141. The third-order valence-corrected chi connectivity index (χ3v) is 4.19. The second kappa shape index (κ2) is 6.10. The van der Waals surface area contributed by atoms with Gasteiger partial charge in [-0.2, -0.15) is 0 Å². The molecule has 0 radical (unpaired) electrons. The van der Waals surface area contributed by atoms with Crippen LogP contribution in [0.5, 0.6) is 0 Å². The van der Waals surface area contributed by atoms with Gasteiger partial charge in [0, 0.05) is 25.6 Å². The van der Waals surface area contributed by atoms with E-state index in [0.717, 1.165) is 18.7 Å². The zero-order chi connectivity index (χ0) is 14.7. The Bertz CT molecular complexity index is 597. The van der Waals surface area contributed by atoms with E-state index >= 15 is 0 Å². The van der Waals surface area contributed by atoms with Gasteiger partial charge in [0.2, 0.25) is 0 Å². The third-order valence-electron chi connectivity index (χ3n) is 4.19. The molecule has 2 aromatic rings. The molecule has 3 heteroatoms. The number of carboxylic acid groups (broad SMARTS) is 1. The van der Waals surface area contributed by atoms with Crippen molar-refractivity contribution in [2.45, 2.75) is 12.5 Å². The monoisotopic (exact) mass is 281 g/mol. The van der Waals surface area contributed by atoms with Crippen molar-refractivity contribution in [1.82, 2.24) is 4.90 Å². The van der Waals surface area contributed by atoms with Crippen LogP contribution in [-0.4, -0.2) is 29.1 Å². The lowest BCUT2D eigenvalue weighted by Crippen LogP contribution is -2.23. The number of nitrogens with zero attached hydrogens (tertiary/aromatic N) is 1. The Morgan fingerprint density at radius 3 is 2.24 bits per heavy atom. The Morgan fingerprint density at radius 1 is 1.00 bits per heavy atom. The fourth-order valence-electron chi connectivity index (χ4n) is 3.14. The molecule has 0 saturated carbocycles. The van der Waals surface area contributed by atoms with Gasteiger partial charge in [-0.25, -0.2) is 0 Å². The van der Waals surface area contributed by atoms with Gasteiger partial charge in [0.25, 0.3) is 0 Å². The van der Waals surface area contributed by atoms with Gasteiger partial charge in [0.15, 0.2) is 0 Å². The molecule has 2 atom stereocenters. The molecule has 108 valence electrons. The van der Waals surface area contributed by atoms with Crippen LogP contribution in [0.4, 0.5) is 0 Å². The summed E-state index contributed by atoms with van der Waals surface area (Å²) in [5.74, 6) is -0.942. The van der Waals surface area contributed by atoms with Crippen LogP contribution >= 0.6 is 0 Å². The molecule has 0 unspecified atom stereocenters. The minimum atomic E-state index is -0.695. The quantitative estimate of drug-likeness (QED) is 0.936. The first-order valence-electron chi connectivity index (χ1n) is 7.28. The molecule has 1 aliphatic heterocycles. The number of carboxylic acids is 1. The van der Waals surface area contributed by atoms with Crippen LogP contribution in [-0.2, 0) is 11.3 Å². The largest absolute Gasteiger partial charge is 0.481 e. The van der Waals surface area contributed by atoms with E-state index in [2.05, 4.69) is 17.0 Å². The predicted molar refractivity (Wildman–Crippen MR) is 82.0 cm³/mol. The van der Waals surface area contributed by atoms with Crippen molar-refractivity contribution in [2.24, 2.45) is 5.92 Å². The molecule has 0 amide bonds. The Hall–Kier alpha value is -2.13. The molecular weight excluding hydrogens is 262 g/mol. The molecule has 1 fully saturated rings. The summed E-state index contributed by atoms with van der Waals surface area (Å²) < 4.78 is 0. The molecule has 21 heavy (non-hydrogen) atoms. The minimum Gasteiger partial charge on any atom is -0.481 e. The van der Waals surface area contributed by atoms with Gasteiger partial charge in [-0.3, -0.25) is 9.69 Å². The zero-order valence-electron chi connectivity index (χ0n) is 11.9. The molecule has 1 N–H and O–H groups in total. The average Bonchev–Trinajstić information content (AvgIpc) is 2.93. The maximum atomic E-state index is 11.6. The molecule has 1 saturated heterocycles. The van der Waals surface area contributed by atoms with E-state index < -0.39 is 5.97 Å². The van der Waals surface area contributed by atoms with Crippen LogP contribution in [0.1, 0.15) is 17.0 Å². The SMILES string of the molecule is O=C(O)[C@H]1CN(Cc2ccccc2)C[C@H]1c1ccccc1. The number of benzene rings is 2. The van der Waals surface area contributed by atoms with Crippen LogP contribution < -0.4 is 0 Å². The summed E-state index contributed by atoms with van der Waals surface area (Å²) in [4.78, 5) is 13.8. The summed E-state index contributed by atoms with van der Waals surface area (Å²) in [5, 5.41) is 9.50. The summed E-state index contributed by atoms with van der Waals surface area (Å²) in [6.45, 7) is 2.23. The average molecular weight is 281 g/mol. The van der Waals surface area contributed by atoms with Crippen molar-refractivity contribution in [1.29, 1.82) is 0 Å². The smallest absolute Gasteiger partial charge is 0.308 e. The van der Waals surface area contributed by atoms with Gasteiger partial charge in [0.1, 0.15) is 0 Å². The Labute approximate surface area is 124 Å². The maximum absolute atomic E-state index is 11.6. The maximum Gasteiger partial charge on any atom is 0.308 e. The number of hydrogen-bond donors (Lipinski definition) is 1. The molecular formula is C18H19NO2. The number of rotatable bonds is 4. The normalized spacial score (nSPS) is 22.3. The third kappa shape index (κ3) is 3.14. The first kappa shape index (κ1) is 13.8. The number of aliphatic carboxylic acids is 1. The number of carbonyl (C=O) groups is 1. The van der Waals surface area contributed by atoms with Crippen molar-refractivity contribution < 1.29 is 9.90 Å². The number of hydrogen-bond acceptors (Lipinski definition) is 2. The van der Waals surface area contributed by atoms with Crippen molar-refractivity contribution in [3.05, 3.63) is 71.8 Å². The standard InChI is InChI=1S/C18H19NO2/c20-18(21)17-13-19(11-14-7-3-1-4-8-14)12-16(17)15-9-5-2-6-10-15/h1-10,16-17H,11-13H2,(H,20,21)/t16-,17-/m0/s1. The Morgan fingerprint density at radius 2 is 1.62 bits per heavy atom. The van der Waals surface area contributed by atoms with Gasteiger partial charge in [-0.15, -0.1) is 0 Å². The van der Waals surface area contributed by atoms with Crippen LogP contribution in [0.25, 0.3) is 0 Å². The van der Waals surface area contributed by atoms with E-state index in [0.29, 0.717) is 6.54 Å². The topological polar surface area (TPSA) is 40.5 Å². The van der Waals surface area contributed by atoms with E-state index in [1.54, 1.807) is 0 Å². The summed E-state index contributed by atoms with van der Waals surface area (Å²) in [5.41, 5.74) is 2.36.